The van der Waals surface area contributed by atoms with E-state index in [2.05, 4.69) is 15.6 Å². The minimum atomic E-state index is -0.0676. The SMILES string of the molecule is CC(C)NC(=O)c1cncc(NC2CC2)c1. The van der Waals surface area contributed by atoms with Gasteiger partial charge in [0, 0.05) is 24.5 Å². The molecule has 4 nitrogen and oxygen atoms in total. The standard InChI is InChI=1S/C12H17N3O/c1-8(2)14-12(16)9-5-11(7-13-6-9)15-10-3-4-10/h5-8,10,15H,3-4H2,1-2H3,(H,14,16). The van der Waals surface area contributed by atoms with E-state index in [1.54, 1.807) is 12.4 Å². The molecule has 1 heterocycles. The third-order valence-electron chi connectivity index (χ3n) is 2.37. The summed E-state index contributed by atoms with van der Waals surface area (Å²) in [5.41, 5.74) is 1.54. The van der Waals surface area contributed by atoms with Crippen molar-refractivity contribution in [2.75, 3.05) is 5.32 Å². The highest BCUT2D eigenvalue weighted by Gasteiger charge is 2.21. The second-order valence-electron chi connectivity index (χ2n) is 4.51. The van der Waals surface area contributed by atoms with Crippen molar-refractivity contribution in [2.24, 2.45) is 0 Å². The van der Waals surface area contributed by atoms with Crippen molar-refractivity contribution < 1.29 is 4.79 Å². The smallest absolute Gasteiger partial charge is 0.253 e. The van der Waals surface area contributed by atoms with Crippen LogP contribution in [0.1, 0.15) is 37.0 Å². The van der Waals surface area contributed by atoms with E-state index in [-0.39, 0.29) is 11.9 Å². The molecule has 2 N–H and O–H groups in total. The van der Waals surface area contributed by atoms with E-state index >= 15 is 0 Å². The fraction of sp³-hybridized carbons (Fsp3) is 0.500. The highest BCUT2D eigenvalue weighted by Crippen LogP contribution is 2.24. The lowest BCUT2D eigenvalue weighted by Gasteiger charge is -2.09. The lowest BCUT2D eigenvalue weighted by atomic mass is 10.2. The van der Waals surface area contributed by atoms with E-state index in [1.165, 1.54) is 12.8 Å². The summed E-state index contributed by atoms with van der Waals surface area (Å²) in [6, 6.07) is 2.57. The van der Waals surface area contributed by atoms with E-state index < -0.39 is 0 Å². The maximum absolute atomic E-state index is 11.7. The van der Waals surface area contributed by atoms with Crippen molar-refractivity contribution in [2.45, 2.75) is 38.8 Å². The molecule has 0 aromatic carbocycles. The number of pyridine rings is 1. The normalized spacial score (nSPS) is 14.9. The highest BCUT2D eigenvalue weighted by atomic mass is 16.1. The van der Waals surface area contributed by atoms with E-state index in [4.69, 9.17) is 0 Å². The van der Waals surface area contributed by atoms with Crippen molar-refractivity contribution in [3.8, 4) is 0 Å². The molecule has 0 bridgehead atoms. The zero-order valence-electron chi connectivity index (χ0n) is 9.66. The topological polar surface area (TPSA) is 54.0 Å². The molecule has 1 aromatic rings. The van der Waals surface area contributed by atoms with Gasteiger partial charge in [-0.1, -0.05) is 0 Å². The minimum absolute atomic E-state index is 0.0676. The number of nitrogens with one attached hydrogen (secondary N) is 2. The summed E-state index contributed by atoms with van der Waals surface area (Å²) in [6.07, 6.45) is 5.77. The maximum Gasteiger partial charge on any atom is 0.253 e. The summed E-state index contributed by atoms with van der Waals surface area (Å²) in [6.45, 7) is 3.88. The monoisotopic (exact) mass is 219 g/mol. The predicted octanol–water partition coefficient (Wildman–Crippen LogP) is 1.79. The van der Waals surface area contributed by atoms with Crippen LogP contribution >= 0.6 is 0 Å². The van der Waals surface area contributed by atoms with E-state index in [1.807, 2.05) is 19.9 Å². The van der Waals surface area contributed by atoms with Crippen LogP contribution < -0.4 is 10.6 Å². The maximum atomic E-state index is 11.7. The van der Waals surface area contributed by atoms with Gasteiger partial charge in [0.2, 0.25) is 0 Å². The number of hydrogen-bond donors (Lipinski definition) is 2. The minimum Gasteiger partial charge on any atom is -0.381 e. The van der Waals surface area contributed by atoms with E-state index in [0.717, 1.165) is 5.69 Å². The van der Waals surface area contributed by atoms with Crippen LogP contribution in [0.2, 0.25) is 0 Å². The lowest BCUT2D eigenvalue weighted by Crippen LogP contribution is -2.30. The van der Waals surface area contributed by atoms with Crippen LogP contribution in [0.3, 0.4) is 0 Å². The van der Waals surface area contributed by atoms with Gasteiger partial charge in [-0.15, -0.1) is 0 Å². The second kappa shape index (κ2) is 4.51. The van der Waals surface area contributed by atoms with Gasteiger partial charge in [0.15, 0.2) is 0 Å². The Morgan fingerprint density at radius 3 is 2.81 bits per heavy atom. The number of aromatic nitrogens is 1. The fourth-order valence-electron chi connectivity index (χ4n) is 1.45. The molecule has 2 rings (SSSR count). The molecular formula is C12H17N3O. The molecule has 4 heteroatoms. The van der Waals surface area contributed by atoms with Gasteiger partial charge in [-0.3, -0.25) is 9.78 Å². The summed E-state index contributed by atoms with van der Waals surface area (Å²) in [7, 11) is 0. The Labute approximate surface area is 95.5 Å². The molecule has 1 aliphatic carbocycles. The summed E-state index contributed by atoms with van der Waals surface area (Å²) in [4.78, 5) is 15.8. The number of carbonyl (C=O) groups is 1. The largest absolute Gasteiger partial charge is 0.381 e. The summed E-state index contributed by atoms with van der Waals surface area (Å²) < 4.78 is 0. The molecule has 1 fully saturated rings. The van der Waals surface area contributed by atoms with Gasteiger partial charge >= 0.3 is 0 Å². The third kappa shape index (κ3) is 2.95. The van der Waals surface area contributed by atoms with Crippen LogP contribution in [0.15, 0.2) is 18.5 Å². The summed E-state index contributed by atoms with van der Waals surface area (Å²) >= 11 is 0. The van der Waals surface area contributed by atoms with Gasteiger partial charge in [0.05, 0.1) is 11.3 Å². The van der Waals surface area contributed by atoms with Crippen molar-refractivity contribution in [3.05, 3.63) is 24.0 Å². The molecule has 1 aromatic heterocycles. The zero-order chi connectivity index (χ0) is 11.5. The van der Waals surface area contributed by atoms with Crippen LogP contribution in [0.4, 0.5) is 5.69 Å². The number of carbonyl (C=O) groups excluding carboxylic acids is 1. The van der Waals surface area contributed by atoms with Crippen LogP contribution in [-0.2, 0) is 0 Å². The van der Waals surface area contributed by atoms with Gasteiger partial charge in [-0.25, -0.2) is 0 Å². The average molecular weight is 219 g/mol. The molecular weight excluding hydrogens is 202 g/mol. The highest BCUT2D eigenvalue weighted by molar-refractivity contribution is 5.94. The summed E-state index contributed by atoms with van der Waals surface area (Å²) in [5.74, 6) is -0.0676. The fourth-order valence-corrected chi connectivity index (χ4v) is 1.45. The van der Waals surface area contributed by atoms with E-state index in [0.29, 0.717) is 11.6 Å². The van der Waals surface area contributed by atoms with Gasteiger partial charge < -0.3 is 10.6 Å². The molecule has 0 aliphatic heterocycles. The second-order valence-corrected chi connectivity index (χ2v) is 4.51. The molecule has 1 amide bonds. The Hall–Kier alpha value is -1.58. The van der Waals surface area contributed by atoms with Crippen molar-refractivity contribution in [3.63, 3.8) is 0 Å². The first-order chi connectivity index (χ1) is 7.65. The third-order valence-corrected chi connectivity index (χ3v) is 2.37. The summed E-state index contributed by atoms with van der Waals surface area (Å²) in [5, 5.41) is 6.17. The number of anilines is 1. The Morgan fingerprint density at radius 1 is 1.44 bits per heavy atom. The Balaban J connectivity index is 2.05. The van der Waals surface area contributed by atoms with Crippen LogP contribution in [0, 0.1) is 0 Å². The Morgan fingerprint density at radius 2 is 2.19 bits per heavy atom. The number of amides is 1. The van der Waals surface area contributed by atoms with Crippen LogP contribution in [0.25, 0.3) is 0 Å². The molecule has 0 radical (unpaired) electrons. The first-order valence-corrected chi connectivity index (χ1v) is 5.67. The molecule has 0 unspecified atom stereocenters. The number of rotatable bonds is 4. The quantitative estimate of drug-likeness (QED) is 0.811. The average Bonchev–Trinajstić information content (AvgIpc) is 3.01. The van der Waals surface area contributed by atoms with Crippen molar-refractivity contribution in [1.29, 1.82) is 0 Å². The predicted molar refractivity (Wildman–Crippen MR) is 63.5 cm³/mol. The number of hydrogen-bond acceptors (Lipinski definition) is 3. The van der Waals surface area contributed by atoms with Crippen LogP contribution in [-0.4, -0.2) is 23.0 Å². The molecule has 1 aliphatic rings. The van der Waals surface area contributed by atoms with Gasteiger partial charge in [-0.05, 0) is 32.8 Å². The van der Waals surface area contributed by atoms with Crippen molar-refractivity contribution >= 4 is 11.6 Å². The molecule has 0 saturated heterocycles. The molecule has 0 atom stereocenters. The van der Waals surface area contributed by atoms with Gasteiger partial charge in [-0.2, -0.15) is 0 Å². The van der Waals surface area contributed by atoms with E-state index in [9.17, 15) is 4.79 Å². The Bertz CT molecular complexity index is 386. The Kier molecular flexibility index (Phi) is 3.08. The lowest BCUT2D eigenvalue weighted by molar-refractivity contribution is 0.0943. The molecule has 1 saturated carbocycles. The number of nitrogens with zero attached hydrogens (tertiary/aromatic N) is 1. The first kappa shape index (κ1) is 10.9. The van der Waals surface area contributed by atoms with Crippen LogP contribution in [0.5, 0.6) is 0 Å². The molecule has 16 heavy (non-hydrogen) atoms. The molecule has 86 valence electrons. The first-order valence-electron chi connectivity index (χ1n) is 5.67. The molecule has 0 spiro atoms. The van der Waals surface area contributed by atoms with Gasteiger partial charge in [0.1, 0.15) is 0 Å². The zero-order valence-corrected chi connectivity index (χ0v) is 9.66. The van der Waals surface area contributed by atoms with Crippen molar-refractivity contribution in [1.82, 2.24) is 10.3 Å². The van der Waals surface area contributed by atoms with Gasteiger partial charge in [0.25, 0.3) is 5.91 Å².